The Kier molecular flexibility index (Phi) is 3.25. The molecule has 15 heavy (non-hydrogen) atoms. The molecular weight excluding hydrogens is 278 g/mol. The van der Waals surface area contributed by atoms with Gasteiger partial charge >= 0.3 is 0 Å². The summed E-state index contributed by atoms with van der Waals surface area (Å²) in [5.74, 6) is -0.461. The first-order chi connectivity index (χ1) is 7.05. The van der Waals surface area contributed by atoms with Crippen LogP contribution in [0.4, 0.5) is 0 Å². The van der Waals surface area contributed by atoms with Gasteiger partial charge in [0.25, 0.3) is 0 Å². The predicted molar refractivity (Wildman–Crippen MR) is 63.8 cm³/mol. The maximum absolute atomic E-state index is 5.63. The van der Waals surface area contributed by atoms with Crippen molar-refractivity contribution in [3.8, 4) is 0 Å². The lowest BCUT2D eigenvalue weighted by atomic mass is 10.3. The van der Waals surface area contributed by atoms with Crippen molar-refractivity contribution in [3.63, 3.8) is 0 Å². The number of thiazole rings is 1. The molecule has 2 heterocycles. The normalized spacial score (nSPS) is 25.1. The predicted octanol–water partition coefficient (Wildman–Crippen LogP) is 3.07. The number of aromatic nitrogens is 1. The fraction of sp³-hybridized carbons (Fsp3) is 0.500. The lowest BCUT2D eigenvalue weighted by Gasteiger charge is -2.15. The monoisotopic (exact) mass is 289 g/mol. The molecule has 1 aromatic rings. The Balaban J connectivity index is 1.95. The van der Waals surface area contributed by atoms with Crippen LogP contribution < -0.4 is 0 Å². The van der Waals surface area contributed by atoms with E-state index in [4.69, 9.17) is 9.47 Å². The first-order valence-electron chi connectivity index (χ1n) is 4.66. The molecule has 1 aromatic heterocycles. The van der Waals surface area contributed by atoms with Crippen LogP contribution in [0.5, 0.6) is 0 Å². The summed E-state index contributed by atoms with van der Waals surface area (Å²) in [5, 5.41) is 1.99. The molecule has 82 valence electrons. The van der Waals surface area contributed by atoms with Crippen LogP contribution in [0.15, 0.2) is 15.4 Å². The molecule has 5 heteroatoms. The van der Waals surface area contributed by atoms with Crippen molar-refractivity contribution in [2.24, 2.45) is 0 Å². The summed E-state index contributed by atoms with van der Waals surface area (Å²) in [6.45, 7) is 4.44. The van der Waals surface area contributed by atoms with Gasteiger partial charge in [0.15, 0.2) is 9.70 Å². The summed E-state index contributed by atoms with van der Waals surface area (Å²) in [4.78, 5) is 4.26. The summed E-state index contributed by atoms with van der Waals surface area (Å²) in [7, 11) is 0. The molecule has 1 unspecified atom stereocenters. The summed E-state index contributed by atoms with van der Waals surface area (Å²) < 4.78 is 12.0. The lowest BCUT2D eigenvalue weighted by molar-refractivity contribution is -0.133. The molecule has 0 aromatic carbocycles. The van der Waals surface area contributed by atoms with Gasteiger partial charge in [0.1, 0.15) is 6.10 Å². The number of nitrogens with zero attached hydrogens (tertiary/aromatic N) is 1. The van der Waals surface area contributed by atoms with Crippen LogP contribution in [0.1, 0.15) is 19.5 Å². The van der Waals surface area contributed by atoms with E-state index in [2.05, 4.69) is 20.9 Å². The molecule has 0 saturated carbocycles. The Bertz CT molecular complexity index is 375. The van der Waals surface area contributed by atoms with Gasteiger partial charge in [0, 0.05) is 5.38 Å². The molecule has 1 saturated heterocycles. The van der Waals surface area contributed by atoms with Crippen LogP contribution in [0.3, 0.4) is 0 Å². The fourth-order valence-electron chi connectivity index (χ4n) is 1.36. The maximum atomic E-state index is 5.63. The van der Waals surface area contributed by atoms with E-state index in [0.717, 1.165) is 9.61 Å². The largest absolute Gasteiger partial charge is 0.347 e. The number of rotatable bonds is 2. The van der Waals surface area contributed by atoms with Gasteiger partial charge < -0.3 is 9.47 Å². The summed E-state index contributed by atoms with van der Waals surface area (Å²) in [6, 6.07) is 0. The number of hydrogen-bond acceptors (Lipinski definition) is 4. The molecule has 0 radical (unpaired) electrons. The summed E-state index contributed by atoms with van der Waals surface area (Å²) >= 11 is 4.89. The quantitative estimate of drug-likeness (QED) is 0.839. The van der Waals surface area contributed by atoms with E-state index in [-0.39, 0.29) is 6.10 Å². The highest BCUT2D eigenvalue weighted by Gasteiger charge is 2.30. The van der Waals surface area contributed by atoms with Gasteiger partial charge in [-0.3, -0.25) is 0 Å². The highest BCUT2D eigenvalue weighted by Crippen LogP contribution is 2.24. The van der Waals surface area contributed by atoms with E-state index in [0.29, 0.717) is 6.61 Å². The third kappa shape index (κ3) is 3.11. The van der Waals surface area contributed by atoms with Crippen LogP contribution >= 0.6 is 27.3 Å². The minimum atomic E-state index is -0.461. The first kappa shape index (κ1) is 11.3. The van der Waals surface area contributed by atoms with Crippen LogP contribution in [-0.2, 0) is 9.47 Å². The molecule has 3 nitrogen and oxygen atoms in total. The van der Waals surface area contributed by atoms with E-state index < -0.39 is 5.79 Å². The van der Waals surface area contributed by atoms with E-state index in [9.17, 15) is 0 Å². The van der Waals surface area contributed by atoms with Crippen LogP contribution in [0, 0.1) is 0 Å². The zero-order chi connectivity index (χ0) is 10.9. The van der Waals surface area contributed by atoms with E-state index >= 15 is 0 Å². The molecule has 1 aliphatic heterocycles. The minimum absolute atomic E-state index is 0.0282. The molecule has 0 N–H and O–H groups in total. The van der Waals surface area contributed by atoms with E-state index in [1.54, 1.807) is 11.3 Å². The lowest BCUT2D eigenvalue weighted by Crippen LogP contribution is -2.20. The van der Waals surface area contributed by atoms with Crippen LogP contribution in [0.2, 0.25) is 0 Å². The molecule has 0 bridgehead atoms. The third-order valence-electron chi connectivity index (χ3n) is 2.01. The molecule has 1 atom stereocenters. The second-order valence-electron chi connectivity index (χ2n) is 3.75. The van der Waals surface area contributed by atoms with Gasteiger partial charge in [-0.05, 0) is 35.9 Å². The fourth-order valence-corrected chi connectivity index (χ4v) is 2.35. The van der Waals surface area contributed by atoms with Gasteiger partial charge in [-0.2, -0.15) is 0 Å². The Labute approximate surface area is 101 Å². The highest BCUT2D eigenvalue weighted by molar-refractivity contribution is 9.11. The Morgan fingerprint density at radius 1 is 1.67 bits per heavy atom. The first-order valence-corrected chi connectivity index (χ1v) is 6.33. The van der Waals surface area contributed by atoms with Gasteiger partial charge in [0.2, 0.25) is 0 Å². The maximum Gasteiger partial charge on any atom is 0.163 e. The molecule has 0 spiro atoms. The number of ether oxygens (including phenoxy) is 2. The van der Waals surface area contributed by atoms with E-state index in [1.165, 1.54) is 0 Å². The van der Waals surface area contributed by atoms with E-state index in [1.807, 2.05) is 31.4 Å². The van der Waals surface area contributed by atoms with Gasteiger partial charge in [-0.15, -0.1) is 11.3 Å². The average molecular weight is 290 g/mol. The van der Waals surface area contributed by atoms with Gasteiger partial charge in [0.05, 0.1) is 12.3 Å². The second kappa shape index (κ2) is 4.33. The SMILES string of the molecule is CC1(C)OCC(/C=C\c2csc(Br)n2)O1. The van der Waals surface area contributed by atoms with Gasteiger partial charge in [-0.1, -0.05) is 6.08 Å². The highest BCUT2D eigenvalue weighted by atomic mass is 79.9. The molecule has 1 fully saturated rings. The van der Waals surface area contributed by atoms with Crippen molar-refractivity contribution in [1.29, 1.82) is 0 Å². The molecular formula is C10H12BrNO2S. The van der Waals surface area contributed by atoms with Crippen molar-refractivity contribution in [1.82, 2.24) is 4.98 Å². The Hall–Kier alpha value is -0.230. The zero-order valence-electron chi connectivity index (χ0n) is 8.57. The van der Waals surface area contributed by atoms with Crippen molar-refractivity contribution >= 4 is 33.3 Å². The summed E-state index contributed by atoms with van der Waals surface area (Å²) in [5.41, 5.74) is 0.945. The van der Waals surface area contributed by atoms with Crippen molar-refractivity contribution in [2.45, 2.75) is 25.7 Å². The number of hydrogen-bond donors (Lipinski definition) is 0. The number of halogens is 1. The standard InChI is InChI=1S/C10H12BrNO2S/c1-10(2)13-5-8(14-10)4-3-7-6-15-9(11)12-7/h3-4,6,8H,5H2,1-2H3/b4-3-. The topological polar surface area (TPSA) is 31.4 Å². The Morgan fingerprint density at radius 3 is 3.00 bits per heavy atom. The zero-order valence-corrected chi connectivity index (χ0v) is 11.0. The van der Waals surface area contributed by atoms with Crippen LogP contribution in [-0.4, -0.2) is 23.5 Å². The van der Waals surface area contributed by atoms with Crippen molar-refractivity contribution < 1.29 is 9.47 Å². The molecule has 0 aliphatic carbocycles. The molecule has 0 amide bonds. The Morgan fingerprint density at radius 2 is 2.47 bits per heavy atom. The van der Waals surface area contributed by atoms with Crippen LogP contribution in [0.25, 0.3) is 6.08 Å². The molecule has 2 rings (SSSR count). The van der Waals surface area contributed by atoms with Crippen molar-refractivity contribution in [2.75, 3.05) is 6.61 Å². The summed E-state index contributed by atoms with van der Waals surface area (Å²) in [6.07, 6.45) is 3.97. The minimum Gasteiger partial charge on any atom is -0.347 e. The smallest absolute Gasteiger partial charge is 0.163 e. The average Bonchev–Trinajstić information content (AvgIpc) is 2.69. The third-order valence-corrected chi connectivity index (χ3v) is 3.39. The van der Waals surface area contributed by atoms with Crippen molar-refractivity contribution in [3.05, 3.63) is 21.1 Å². The molecule has 1 aliphatic rings. The second-order valence-corrected chi connectivity index (χ2v) is 5.89. The van der Waals surface area contributed by atoms with Gasteiger partial charge in [-0.25, -0.2) is 4.98 Å².